The van der Waals surface area contributed by atoms with Crippen LogP contribution in [0.15, 0.2) is 30.3 Å². The van der Waals surface area contributed by atoms with Crippen molar-refractivity contribution < 1.29 is 4.79 Å². The van der Waals surface area contributed by atoms with E-state index in [4.69, 9.17) is 34.8 Å². The van der Waals surface area contributed by atoms with Crippen LogP contribution in [0.1, 0.15) is 17.3 Å². The van der Waals surface area contributed by atoms with Gasteiger partial charge >= 0.3 is 0 Å². The average Bonchev–Trinajstić information content (AvgIpc) is 2.42. The van der Waals surface area contributed by atoms with Gasteiger partial charge in [0.05, 0.1) is 10.0 Å². The molecule has 110 valence electrons. The van der Waals surface area contributed by atoms with Crippen molar-refractivity contribution in [2.45, 2.75) is 6.92 Å². The van der Waals surface area contributed by atoms with E-state index in [0.717, 1.165) is 0 Å². The first-order valence-electron chi connectivity index (χ1n) is 6.17. The van der Waals surface area contributed by atoms with Crippen LogP contribution < -0.4 is 10.6 Å². The van der Waals surface area contributed by atoms with E-state index in [1.165, 1.54) is 6.07 Å². The van der Waals surface area contributed by atoms with Gasteiger partial charge in [0.15, 0.2) is 0 Å². The third-order valence-corrected chi connectivity index (χ3v) is 3.52. The minimum absolute atomic E-state index is 0.243. The minimum Gasteiger partial charge on any atom is -0.370 e. The SMILES string of the molecule is CCNc1cc(C(=O)Nc2ccc(Cl)c(Cl)c2)cc(Cl)n1. The number of pyridine rings is 1. The molecular weight excluding hydrogens is 333 g/mol. The maximum Gasteiger partial charge on any atom is 0.255 e. The number of rotatable bonds is 4. The van der Waals surface area contributed by atoms with Gasteiger partial charge in [-0.15, -0.1) is 0 Å². The molecular formula is C14H12Cl3N3O. The quantitative estimate of drug-likeness (QED) is 0.789. The number of hydrogen-bond acceptors (Lipinski definition) is 3. The van der Waals surface area contributed by atoms with Gasteiger partial charge in [0.25, 0.3) is 5.91 Å². The van der Waals surface area contributed by atoms with E-state index >= 15 is 0 Å². The van der Waals surface area contributed by atoms with E-state index in [1.54, 1.807) is 24.3 Å². The zero-order chi connectivity index (χ0) is 15.4. The second-order valence-electron chi connectivity index (χ2n) is 4.18. The van der Waals surface area contributed by atoms with Gasteiger partial charge in [0.2, 0.25) is 0 Å². The van der Waals surface area contributed by atoms with E-state index < -0.39 is 0 Å². The summed E-state index contributed by atoms with van der Waals surface area (Å²) in [6.07, 6.45) is 0. The van der Waals surface area contributed by atoms with Crippen LogP contribution in [0, 0.1) is 0 Å². The molecule has 1 heterocycles. The first-order chi connectivity index (χ1) is 9.99. The molecule has 0 aliphatic rings. The van der Waals surface area contributed by atoms with Crippen molar-refractivity contribution >= 4 is 52.2 Å². The summed E-state index contributed by atoms with van der Waals surface area (Å²) in [5.41, 5.74) is 0.948. The molecule has 2 rings (SSSR count). The number of nitrogens with zero attached hydrogens (tertiary/aromatic N) is 1. The lowest BCUT2D eigenvalue weighted by Gasteiger charge is -2.09. The predicted octanol–water partition coefficient (Wildman–Crippen LogP) is 4.73. The predicted molar refractivity (Wildman–Crippen MR) is 87.8 cm³/mol. The molecule has 0 saturated carbocycles. The molecule has 21 heavy (non-hydrogen) atoms. The van der Waals surface area contributed by atoms with Gasteiger partial charge in [0, 0.05) is 17.8 Å². The van der Waals surface area contributed by atoms with E-state index in [-0.39, 0.29) is 11.1 Å². The molecule has 0 saturated heterocycles. The first kappa shape index (κ1) is 15.9. The van der Waals surface area contributed by atoms with Crippen LogP contribution in [0.25, 0.3) is 0 Å². The highest BCUT2D eigenvalue weighted by atomic mass is 35.5. The molecule has 0 aliphatic heterocycles. The number of benzene rings is 1. The maximum absolute atomic E-state index is 12.2. The highest BCUT2D eigenvalue weighted by molar-refractivity contribution is 6.42. The molecule has 1 amide bonds. The summed E-state index contributed by atoms with van der Waals surface area (Å²) in [5, 5.41) is 6.78. The zero-order valence-electron chi connectivity index (χ0n) is 11.1. The van der Waals surface area contributed by atoms with Crippen LogP contribution in [-0.4, -0.2) is 17.4 Å². The summed E-state index contributed by atoms with van der Waals surface area (Å²) < 4.78 is 0. The minimum atomic E-state index is -0.308. The van der Waals surface area contributed by atoms with Crippen LogP contribution >= 0.6 is 34.8 Å². The van der Waals surface area contributed by atoms with E-state index in [9.17, 15) is 4.79 Å². The molecule has 7 heteroatoms. The molecule has 2 aromatic rings. The van der Waals surface area contributed by atoms with Crippen molar-refractivity contribution in [3.8, 4) is 0 Å². The molecule has 1 aromatic carbocycles. The topological polar surface area (TPSA) is 54.0 Å². The summed E-state index contributed by atoms with van der Waals surface area (Å²) in [7, 11) is 0. The third kappa shape index (κ3) is 4.24. The van der Waals surface area contributed by atoms with Gasteiger partial charge in [-0.2, -0.15) is 0 Å². The number of halogens is 3. The number of carbonyl (C=O) groups excluding carboxylic acids is 1. The molecule has 0 fully saturated rings. The Morgan fingerprint density at radius 3 is 2.57 bits per heavy atom. The Hall–Kier alpha value is -1.49. The van der Waals surface area contributed by atoms with Gasteiger partial charge in [-0.05, 0) is 37.3 Å². The fourth-order valence-corrected chi connectivity index (χ4v) is 2.18. The summed E-state index contributed by atoms with van der Waals surface area (Å²) in [6.45, 7) is 2.61. The Labute approximate surface area is 137 Å². The van der Waals surface area contributed by atoms with E-state index in [1.807, 2.05) is 6.92 Å². The van der Waals surface area contributed by atoms with Crippen LogP contribution in [0.5, 0.6) is 0 Å². The number of nitrogens with one attached hydrogen (secondary N) is 2. The van der Waals surface area contributed by atoms with Crippen LogP contribution in [-0.2, 0) is 0 Å². The van der Waals surface area contributed by atoms with Gasteiger partial charge < -0.3 is 10.6 Å². The van der Waals surface area contributed by atoms with Gasteiger partial charge in [-0.25, -0.2) is 4.98 Å². The highest BCUT2D eigenvalue weighted by Gasteiger charge is 2.10. The van der Waals surface area contributed by atoms with Crippen LogP contribution in [0.2, 0.25) is 15.2 Å². The van der Waals surface area contributed by atoms with Crippen molar-refractivity contribution in [2.75, 3.05) is 17.2 Å². The van der Waals surface area contributed by atoms with Crippen molar-refractivity contribution in [2.24, 2.45) is 0 Å². The zero-order valence-corrected chi connectivity index (χ0v) is 13.4. The van der Waals surface area contributed by atoms with Crippen molar-refractivity contribution in [3.05, 3.63) is 51.1 Å². The molecule has 0 bridgehead atoms. The Morgan fingerprint density at radius 2 is 1.90 bits per heavy atom. The lowest BCUT2D eigenvalue weighted by Crippen LogP contribution is -2.13. The van der Waals surface area contributed by atoms with E-state index in [2.05, 4.69) is 15.6 Å². The molecule has 2 N–H and O–H groups in total. The Bertz CT molecular complexity index is 677. The van der Waals surface area contributed by atoms with Gasteiger partial charge in [-0.3, -0.25) is 4.79 Å². The smallest absolute Gasteiger partial charge is 0.255 e. The average molecular weight is 345 g/mol. The normalized spacial score (nSPS) is 10.3. The standard InChI is InChI=1S/C14H12Cl3N3O/c1-2-18-13-6-8(5-12(17)20-13)14(21)19-9-3-4-10(15)11(16)7-9/h3-7H,2H2,1H3,(H,18,20)(H,19,21). The molecule has 0 atom stereocenters. The van der Waals surface area contributed by atoms with Crippen molar-refractivity contribution in [1.82, 2.24) is 4.98 Å². The second-order valence-corrected chi connectivity index (χ2v) is 5.38. The molecule has 0 aliphatic carbocycles. The maximum atomic E-state index is 12.2. The van der Waals surface area contributed by atoms with Gasteiger partial charge in [-0.1, -0.05) is 34.8 Å². The Kier molecular flexibility index (Phi) is 5.28. The number of hydrogen-bond donors (Lipinski definition) is 2. The van der Waals surface area contributed by atoms with Gasteiger partial charge in [0.1, 0.15) is 11.0 Å². The lowest BCUT2D eigenvalue weighted by atomic mass is 10.2. The third-order valence-electron chi connectivity index (χ3n) is 2.59. The fraction of sp³-hybridized carbons (Fsp3) is 0.143. The Morgan fingerprint density at radius 1 is 1.14 bits per heavy atom. The number of carbonyl (C=O) groups is 1. The summed E-state index contributed by atoms with van der Waals surface area (Å²) in [6, 6.07) is 7.98. The van der Waals surface area contributed by atoms with E-state index in [0.29, 0.717) is 33.7 Å². The second kappa shape index (κ2) is 6.98. The molecule has 1 aromatic heterocycles. The molecule has 0 spiro atoms. The van der Waals surface area contributed by atoms with Crippen LogP contribution in [0.4, 0.5) is 11.5 Å². The largest absolute Gasteiger partial charge is 0.370 e. The number of anilines is 2. The lowest BCUT2D eigenvalue weighted by molar-refractivity contribution is 0.102. The molecule has 0 radical (unpaired) electrons. The van der Waals surface area contributed by atoms with Crippen molar-refractivity contribution in [3.63, 3.8) is 0 Å². The molecule has 0 unspecified atom stereocenters. The summed E-state index contributed by atoms with van der Waals surface area (Å²) >= 11 is 17.7. The summed E-state index contributed by atoms with van der Waals surface area (Å²) in [5.74, 6) is 0.237. The summed E-state index contributed by atoms with van der Waals surface area (Å²) in [4.78, 5) is 16.3. The first-order valence-corrected chi connectivity index (χ1v) is 7.31. The number of aromatic nitrogens is 1. The molecule has 4 nitrogen and oxygen atoms in total. The fourth-order valence-electron chi connectivity index (χ4n) is 1.68. The monoisotopic (exact) mass is 343 g/mol. The van der Waals surface area contributed by atoms with Crippen LogP contribution in [0.3, 0.4) is 0 Å². The Balaban J connectivity index is 2.21. The highest BCUT2D eigenvalue weighted by Crippen LogP contribution is 2.25. The van der Waals surface area contributed by atoms with Crippen molar-refractivity contribution in [1.29, 1.82) is 0 Å². The number of amides is 1.